The number of thioether (sulfide) groups is 2. The van der Waals surface area contributed by atoms with Gasteiger partial charge in [-0.3, -0.25) is 19.4 Å². The van der Waals surface area contributed by atoms with E-state index in [9.17, 15) is 9.59 Å². The summed E-state index contributed by atoms with van der Waals surface area (Å²) in [5, 5.41) is 9.19. The summed E-state index contributed by atoms with van der Waals surface area (Å²) in [6.07, 6.45) is 0. The van der Waals surface area contributed by atoms with E-state index >= 15 is 0 Å². The van der Waals surface area contributed by atoms with Crippen molar-refractivity contribution in [3.63, 3.8) is 0 Å². The summed E-state index contributed by atoms with van der Waals surface area (Å²) in [5.74, 6) is 0.412. The molecule has 1 unspecified atom stereocenters. The summed E-state index contributed by atoms with van der Waals surface area (Å²) >= 11 is 2.72. The molecule has 2 rings (SSSR count). The van der Waals surface area contributed by atoms with Crippen molar-refractivity contribution in [3.05, 3.63) is 12.2 Å². The van der Waals surface area contributed by atoms with Crippen LogP contribution in [0.3, 0.4) is 0 Å². The first kappa shape index (κ1) is 15.1. The second-order valence-corrected chi connectivity index (χ2v) is 6.90. The van der Waals surface area contributed by atoms with Gasteiger partial charge in [0.25, 0.3) is 0 Å². The van der Waals surface area contributed by atoms with Gasteiger partial charge in [-0.15, -0.1) is 10.2 Å². The lowest BCUT2D eigenvalue weighted by Gasteiger charge is -2.15. The molecule has 2 amide bonds. The van der Waals surface area contributed by atoms with Crippen molar-refractivity contribution in [2.24, 2.45) is 10.2 Å². The van der Waals surface area contributed by atoms with Crippen molar-refractivity contribution in [1.82, 2.24) is 9.80 Å². The summed E-state index contributed by atoms with van der Waals surface area (Å²) in [5.41, 5.74) is 0.885. The molecule has 0 aromatic heterocycles. The minimum absolute atomic E-state index is 0.0104. The van der Waals surface area contributed by atoms with E-state index in [1.54, 1.807) is 11.9 Å². The molecule has 2 aliphatic heterocycles. The second-order valence-electron chi connectivity index (χ2n) is 4.65. The number of amides is 2. The van der Waals surface area contributed by atoms with Gasteiger partial charge in [0, 0.05) is 13.6 Å². The van der Waals surface area contributed by atoms with Crippen molar-refractivity contribution in [2.75, 3.05) is 19.3 Å². The average molecular weight is 312 g/mol. The van der Waals surface area contributed by atoms with E-state index < -0.39 is 0 Å². The van der Waals surface area contributed by atoms with E-state index in [1.807, 2.05) is 13.8 Å². The van der Waals surface area contributed by atoms with E-state index in [0.29, 0.717) is 22.6 Å². The van der Waals surface area contributed by atoms with Crippen molar-refractivity contribution in [3.8, 4) is 0 Å². The molecule has 0 saturated carbocycles. The highest BCUT2D eigenvalue weighted by Gasteiger charge is 2.35. The van der Waals surface area contributed by atoms with Crippen LogP contribution in [0.15, 0.2) is 22.4 Å². The van der Waals surface area contributed by atoms with Crippen LogP contribution < -0.4 is 0 Å². The first-order valence-corrected chi connectivity index (χ1v) is 7.94. The zero-order valence-electron chi connectivity index (χ0n) is 11.6. The minimum Gasteiger partial charge on any atom is -0.292 e. The first-order valence-electron chi connectivity index (χ1n) is 6.07. The van der Waals surface area contributed by atoms with Crippen LogP contribution in [0.5, 0.6) is 0 Å². The van der Waals surface area contributed by atoms with Gasteiger partial charge in [0.05, 0.1) is 11.0 Å². The Balaban J connectivity index is 2.19. The van der Waals surface area contributed by atoms with Crippen LogP contribution in [0.2, 0.25) is 0 Å². The van der Waals surface area contributed by atoms with Gasteiger partial charge in [0.1, 0.15) is 0 Å². The SMILES string of the molecule is C=C(C)CN1C(=O)C(C)SC1=N/N=C1/SCC(=O)N1C. The number of hydrogen-bond acceptors (Lipinski definition) is 6. The summed E-state index contributed by atoms with van der Waals surface area (Å²) in [7, 11) is 1.67. The lowest BCUT2D eigenvalue weighted by atomic mass is 10.3. The Bertz CT molecular complexity index is 530. The molecular formula is C12H16N4O2S2. The number of hydrogen-bond donors (Lipinski definition) is 0. The Morgan fingerprint density at radius 1 is 1.40 bits per heavy atom. The van der Waals surface area contributed by atoms with Gasteiger partial charge in [0.2, 0.25) is 11.8 Å². The highest BCUT2D eigenvalue weighted by Crippen LogP contribution is 2.28. The molecule has 0 aromatic carbocycles. The molecular weight excluding hydrogens is 296 g/mol. The van der Waals surface area contributed by atoms with Crippen LogP contribution in [-0.2, 0) is 9.59 Å². The second kappa shape index (κ2) is 6.01. The Morgan fingerprint density at radius 3 is 2.60 bits per heavy atom. The van der Waals surface area contributed by atoms with Crippen LogP contribution in [0.4, 0.5) is 0 Å². The summed E-state index contributed by atoms with van der Waals surface area (Å²) < 4.78 is 0. The molecule has 108 valence electrons. The van der Waals surface area contributed by atoms with Crippen LogP contribution >= 0.6 is 23.5 Å². The number of nitrogens with zero attached hydrogens (tertiary/aromatic N) is 4. The van der Waals surface area contributed by atoms with Crippen molar-refractivity contribution in [1.29, 1.82) is 0 Å². The molecule has 0 aliphatic carbocycles. The fraction of sp³-hybridized carbons (Fsp3) is 0.500. The normalized spacial score (nSPS) is 27.2. The third-order valence-electron chi connectivity index (χ3n) is 2.76. The molecule has 8 heteroatoms. The van der Waals surface area contributed by atoms with Gasteiger partial charge in [-0.05, 0) is 13.8 Å². The van der Waals surface area contributed by atoms with Crippen LogP contribution in [-0.4, -0.2) is 56.5 Å². The maximum atomic E-state index is 12.0. The smallest absolute Gasteiger partial charge is 0.242 e. The third kappa shape index (κ3) is 3.06. The van der Waals surface area contributed by atoms with Gasteiger partial charge in [-0.1, -0.05) is 35.7 Å². The first-order chi connectivity index (χ1) is 9.40. The molecule has 1 atom stereocenters. The van der Waals surface area contributed by atoms with E-state index in [1.165, 1.54) is 28.4 Å². The summed E-state index contributed by atoms with van der Waals surface area (Å²) in [6, 6.07) is 0. The lowest BCUT2D eigenvalue weighted by molar-refractivity contribution is -0.125. The van der Waals surface area contributed by atoms with Crippen molar-refractivity contribution in [2.45, 2.75) is 19.1 Å². The maximum absolute atomic E-state index is 12.0. The molecule has 2 saturated heterocycles. The zero-order valence-corrected chi connectivity index (χ0v) is 13.3. The highest BCUT2D eigenvalue weighted by atomic mass is 32.2. The maximum Gasteiger partial charge on any atom is 0.242 e. The molecule has 0 bridgehead atoms. The topological polar surface area (TPSA) is 65.3 Å². The monoisotopic (exact) mass is 312 g/mol. The molecule has 6 nitrogen and oxygen atoms in total. The highest BCUT2D eigenvalue weighted by molar-refractivity contribution is 8.15. The fourth-order valence-corrected chi connectivity index (χ4v) is 3.44. The molecule has 2 heterocycles. The van der Waals surface area contributed by atoms with Gasteiger partial charge >= 0.3 is 0 Å². The van der Waals surface area contributed by atoms with Gasteiger partial charge in [-0.25, -0.2) is 0 Å². The lowest BCUT2D eigenvalue weighted by Crippen LogP contribution is -2.32. The van der Waals surface area contributed by atoms with E-state index in [0.717, 1.165) is 5.57 Å². The average Bonchev–Trinajstić information content (AvgIpc) is 2.83. The number of carbonyl (C=O) groups is 2. The van der Waals surface area contributed by atoms with Crippen molar-refractivity contribution < 1.29 is 9.59 Å². The molecule has 2 fully saturated rings. The molecule has 20 heavy (non-hydrogen) atoms. The van der Waals surface area contributed by atoms with Gasteiger partial charge in [0.15, 0.2) is 10.3 Å². The zero-order chi connectivity index (χ0) is 14.9. The van der Waals surface area contributed by atoms with Crippen molar-refractivity contribution >= 4 is 45.7 Å². The fourth-order valence-electron chi connectivity index (χ4n) is 1.69. The molecule has 0 spiro atoms. The van der Waals surface area contributed by atoms with E-state index in [-0.39, 0.29) is 17.1 Å². The Morgan fingerprint density at radius 2 is 2.05 bits per heavy atom. The summed E-state index contributed by atoms with van der Waals surface area (Å²) in [4.78, 5) is 26.5. The van der Waals surface area contributed by atoms with Crippen LogP contribution in [0.1, 0.15) is 13.8 Å². The quantitative estimate of drug-likeness (QED) is 0.583. The largest absolute Gasteiger partial charge is 0.292 e. The predicted molar refractivity (Wildman–Crippen MR) is 83.7 cm³/mol. The number of amidine groups is 2. The molecule has 0 aromatic rings. The van der Waals surface area contributed by atoms with Gasteiger partial charge < -0.3 is 0 Å². The van der Waals surface area contributed by atoms with E-state index in [4.69, 9.17) is 0 Å². The Kier molecular flexibility index (Phi) is 4.54. The third-order valence-corrected chi connectivity index (χ3v) is 4.83. The standard InChI is InChI=1S/C12H16N4O2S2/c1-7(2)5-16-10(18)8(3)20-12(16)14-13-11-15(4)9(17)6-19-11/h8H,1,5-6H2,2-4H3/b13-11+,14-12?. The van der Waals surface area contributed by atoms with Crippen LogP contribution in [0, 0.1) is 0 Å². The summed E-state index contributed by atoms with van der Waals surface area (Å²) in [6.45, 7) is 7.97. The predicted octanol–water partition coefficient (Wildman–Crippen LogP) is 1.36. The van der Waals surface area contributed by atoms with E-state index in [2.05, 4.69) is 16.8 Å². The molecule has 0 radical (unpaired) electrons. The Hall–Kier alpha value is -1.28. The Labute approximate surface area is 126 Å². The van der Waals surface area contributed by atoms with Gasteiger partial charge in [-0.2, -0.15) is 0 Å². The number of rotatable bonds is 3. The molecule has 2 aliphatic rings. The molecule has 0 N–H and O–H groups in total. The minimum atomic E-state index is -0.163. The number of carbonyl (C=O) groups excluding carboxylic acids is 2. The van der Waals surface area contributed by atoms with Crippen LogP contribution in [0.25, 0.3) is 0 Å².